The van der Waals surface area contributed by atoms with Gasteiger partial charge in [0.1, 0.15) is 0 Å². The summed E-state index contributed by atoms with van der Waals surface area (Å²) in [5, 5.41) is 0. The van der Waals surface area contributed by atoms with Crippen molar-refractivity contribution in [3.63, 3.8) is 0 Å². The first-order valence-electron chi connectivity index (χ1n) is 8.72. The van der Waals surface area contributed by atoms with Gasteiger partial charge < -0.3 is 0 Å². The largest absolute Gasteiger partial charge is 0.474 e. The molecule has 0 aromatic carbocycles. The summed E-state index contributed by atoms with van der Waals surface area (Å²) >= 11 is 0. The molecule has 0 rings (SSSR count). The van der Waals surface area contributed by atoms with Gasteiger partial charge in [0.15, 0.2) is 0 Å². The van der Waals surface area contributed by atoms with E-state index in [-0.39, 0.29) is 0 Å². The summed E-state index contributed by atoms with van der Waals surface area (Å²) in [5.74, 6) is 0. The van der Waals surface area contributed by atoms with Gasteiger partial charge in [-0.15, -0.1) is 0 Å². The fraction of sp³-hybridized carbons (Fsp3) is 1.00. The second-order valence-electron chi connectivity index (χ2n) is 5.42. The van der Waals surface area contributed by atoms with Gasteiger partial charge in [-0.05, 0) is 19.3 Å². The van der Waals surface area contributed by atoms with Gasteiger partial charge in [0.25, 0.3) is 0 Å². The Morgan fingerprint density at radius 1 is 0.571 bits per heavy atom. The third kappa shape index (κ3) is 13.5. The third-order valence-electron chi connectivity index (χ3n) is 3.24. The highest BCUT2D eigenvalue weighted by Gasteiger charge is 2.25. The van der Waals surface area contributed by atoms with Crippen LogP contribution in [0.15, 0.2) is 0 Å². The lowest BCUT2D eigenvalue weighted by Crippen LogP contribution is -2.04. The number of unbranched alkanes of at least 4 members (excludes halogenated alkanes) is 7. The van der Waals surface area contributed by atoms with Crippen LogP contribution in [0.25, 0.3) is 0 Å². The molecule has 0 atom stereocenters. The van der Waals surface area contributed by atoms with Crippen LogP contribution in [0.1, 0.15) is 85.0 Å². The quantitative estimate of drug-likeness (QED) is 0.254. The molecule has 0 N–H and O–H groups in total. The van der Waals surface area contributed by atoms with Gasteiger partial charge in [-0.25, -0.2) is 4.57 Å². The summed E-state index contributed by atoms with van der Waals surface area (Å²) < 4.78 is 28.6. The number of rotatable bonds is 16. The molecule has 0 radical (unpaired) electrons. The van der Waals surface area contributed by atoms with Crippen molar-refractivity contribution in [2.24, 2.45) is 0 Å². The summed E-state index contributed by atoms with van der Waals surface area (Å²) in [4.78, 5) is 0. The molecule has 0 aliphatic rings. The molecule has 0 aromatic rings. The maximum Gasteiger partial charge on any atom is 0.474 e. The highest BCUT2D eigenvalue weighted by Crippen LogP contribution is 2.49. The maximum absolute atomic E-state index is 12.4. The van der Waals surface area contributed by atoms with E-state index in [1.54, 1.807) is 0 Å². The molecular formula is C16H35O4P. The van der Waals surface area contributed by atoms with Crippen molar-refractivity contribution in [2.75, 3.05) is 19.8 Å². The van der Waals surface area contributed by atoms with Gasteiger partial charge in [0.2, 0.25) is 0 Å². The molecule has 128 valence electrons. The molecule has 0 fully saturated rings. The fourth-order valence-electron chi connectivity index (χ4n) is 1.81. The Labute approximate surface area is 131 Å². The zero-order chi connectivity index (χ0) is 15.8. The summed E-state index contributed by atoms with van der Waals surface area (Å²) in [6.07, 6.45) is 10.8. The standard InChI is InChI=1S/C16H35O4P/c1-4-7-10-11-12-13-16-20-21(17,18-14-8-5-2)19-15-9-6-3/h4-16H2,1-3H3. The van der Waals surface area contributed by atoms with Crippen LogP contribution in [0.3, 0.4) is 0 Å². The van der Waals surface area contributed by atoms with Gasteiger partial charge >= 0.3 is 7.82 Å². The Morgan fingerprint density at radius 3 is 1.43 bits per heavy atom. The molecule has 0 saturated carbocycles. The normalized spacial score (nSPS) is 12.0. The lowest BCUT2D eigenvalue weighted by molar-refractivity contribution is 0.109. The second-order valence-corrected chi connectivity index (χ2v) is 7.09. The van der Waals surface area contributed by atoms with E-state index in [9.17, 15) is 4.57 Å². The van der Waals surface area contributed by atoms with Crippen LogP contribution in [-0.4, -0.2) is 19.8 Å². The predicted octanol–water partition coefficient (Wildman–Crippen LogP) is 6.11. The van der Waals surface area contributed by atoms with Crippen LogP contribution in [0.5, 0.6) is 0 Å². The Hall–Kier alpha value is 0.110. The van der Waals surface area contributed by atoms with E-state index in [2.05, 4.69) is 20.8 Å². The van der Waals surface area contributed by atoms with Gasteiger partial charge in [0, 0.05) is 0 Å². The molecule has 0 aliphatic carbocycles. The van der Waals surface area contributed by atoms with Crippen molar-refractivity contribution in [1.82, 2.24) is 0 Å². The van der Waals surface area contributed by atoms with E-state index in [0.717, 1.165) is 38.5 Å². The molecule has 5 heteroatoms. The monoisotopic (exact) mass is 322 g/mol. The van der Waals surface area contributed by atoms with Crippen molar-refractivity contribution >= 4 is 7.82 Å². The van der Waals surface area contributed by atoms with E-state index >= 15 is 0 Å². The fourth-order valence-corrected chi connectivity index (χ4v) is 3.09. The average molecular weight is 322 g/mol. The Bertz CT molecular complexity index is 245. The third-order valence-corrected chi connectivity index (χ3v) is 4.74. The maximum atomic E-state index is 12.4. The molecule has 0 saturated heterocycles. The molecule has 0 unspecified atom stereocenters. The lowest BCUT2D eigenvalue weighted by Gasteiger charge is -2.17. The minimum absolute atomic E-state index is 0.441. The van der Waals surface area contributed by atoms with Crippen LogP contribution < -0.4 is 0 Å². The van der Waals surface area contributed by atoms with Crippen LogP contribution in [0.2, 0.25) is 0 Å². The highest BCUT2D eigenvalue weighted by atomic mass is 31.2. The zero-order valence-electron chi connectivity index (χ0n) is 14.3. The predicted molar refractivity (Wildman–Crippen MR) is 88.7 cm³/mol. The summed E-state index contributed by atoms with van der Waals surface area (Å²) in [5.41, 5.74) is 0. The van der Waals surface area contributed by atoms with E-state index in [4.69, 9.17) is 13.6 Å². The topological polar surface area (TPSA) is 44.8 Å². The van der Waals surface area contributed by atoms with Crippen molar-refractivity contribution in [1.29, 1.82) is 0 Å². The van der Waals surface area contributed by atoms with E-state index < -0.39 is 7.82 Å². The second kappa shape index (κ2) is 15.0. The molecule has 4 nitrogen and oxygen atoms in total. The Morgan fingerprint density at radius 2 is 0.952 bits per heavy atom. The van der Waals surface area contributed by atoms with Crippen molar-refractivity contribution in [2.45, 2.75) is 85.0 Å². The lowest BCUT2D eigenvalue weighted by atomic mass is 10.1. The molecule has 0 spiro atoms. The van der Waals surface area contributed by atoms with Crippen LogP contribution in [0.4, 0.5) is 0 Å². The minimum atomic E-state index is -3.34. The van der Waals surface area contributed by atoms with Crippen LogP contribution in [0, 0.1) is 0 Å². The van der Waals surface area contributed by atoms with E-state index in [1.165, 1.54) is 25.7 Å². The first kappa shape index (κ1) is 21.1. The molecule has 0 bridgehead atoms. The number of phosphoric ester groups is 1. The summed E-state index contributed by atoms with van der Waals surface area (Å²) in [6, 6.07) is 0. The van der Waals surface area contributed by atoms with Gasteiger partial charge in [0.05, 0.1) is 19.8 Å². The highest BCUT2D eigenvalue weighted by molar-refractivity contribution is 7.48. The average Bonchev–Trinajstić information content (AvgIpc) is 2.47. The van der Waals surface area contributed by atoms with Crippen molar-refractivity contribution in [3.8, 4) is 0 Å². The minimum Gasteiger partial charge on any atom is -0.287 e. The Balaban J connectivity index is 3.88. The van der Waals surface area contributed by atoms with Gasteiger partial charge in [-0.2, -0.15) is 0 Å². The van der Waals surface area contributed by atoms with Crippen LogP contribution >= 0.6 is 7.82 Å². The SMILES string of the molecule is CCCCCCCCOP(=O)(OCCCC)OCCCC. The van der Waals surface area contributed by atoms with Crippen LogP contribution in [-0.2, 0) is 18.1 Å². The smallest absolute Gasteiger partial charge is 0.287 e. The first-order valence-corrected chi connectivity index (χ1v) is 10.2. The van der Waals surface area contributed by atoms with Gasteiger partial charge in [-0.3, -0.25) is 13.6 Å². The van der Waals surface area contributed by atoms with Gasteiger partial charge in [-0.1, -0.05) is 65.7 Å². The number of hydrogen-bond acceptors (Lipinski definition) is 4. The Kier molecular flexibility index (Phi) is 15.1. The van der Waals surface area contributed by atoms with E-state index in [1.807, 2.05) is 0 Å². The molecule has 0 heterocycles. The molecule has 21 heavy (non-hydrogen) atoms. The van der Waals surface area contributed by atoms with Crippen molar-refractivity contribution < 1.29 is 18.1 Å². The molecule has 0 amide bonds. The molecule has 0 aromatic heterocycles. The van der Waals surface area contributed by atoms with E-state index in [0.29, 0.717) is 19.8 Å². The molecule has 0 aliphatic heterocycles. The number of phosphoric acid groups is 1. The zero-order valence-corrected chi connectivity index (χ0v) is 15.2. The number of hydrogen-bond donors (Lipinski definition) is 0. The summed E-state index contributed by atoms with van der Waals surface area (Å²) in [6.45, 7) is 7.70. The molecular weight excluding hydrogens is 287 g/mol. The first-order chi connectivity index (χ1) is 10.2. The van der Waals surface area contributed by atoms with Crippen molar-refractivity contribution in [3.05, 3.63) is 0 Å². The summed E-state index contributed by atoms with van der Waals surface area (Å²) in [7, 11) is -3.34.